The van der Waals surface area contributed by atoms with Crippen LogP contribution in [0.2, 0.25) is 0 Å². The maximum absolute atomic E-state index is 11.6. The number of aliphatic hydroxyl groups is 3. The summed E-state index contributed by atoms with van der Waals surface area (Å²) < 4.78 is 5.19. The lowest BCUT2D eigenvalue weighted by Gasteiger charge is -2.13. The Morgan fingerprint density at radius 3 is 2.71 bits per heavy atom. The summed E-state index contributed by atoms with van der Waals surface area (Å²) in [5, 5.41) is 28.2. The van der Waals surface area contributed by atoms with Crippen LogP contribution in [0.25, 0.3) is 0 Å². The predicted octanol–water partition coefficient (Wildman–Crippen LogP) is -2.49. The SMILES string of the molecule is Nc1ncc([C@@H]2O[C@H](CO)[C@@H](O)[C@H]2O)c(=O)[nH]1. The highest BCUT2D eigenvalue weighted by atomic mass is 16.6. The smallest absolute Gasteiger partial charge is 0.258 e. The minimum absolute atomic E-state index is 0.0505. The molecule has 0 aromatic carbocycles. The van der Waals surface area contributed by atoms with Crippen LogP contribution in [0.15, 0.2) is 11.0 Å². The molecular formula is C9H13N3O5. The molecule has 0 saturated carbocycles. The number of aromatic amines is 1. The van der Waals surface area contributed by atoms with Gasteiger partial charge < -0.3 is 25.8 Å². The number of anilines is 1. The maximum Gasteiger partial charge on any atom is 0.258 e. The molecule has 1 aromatic heterocycles. The Bertz CT molecular complexity index is 462. The van der Waals surface area contributed by atoms with Gasteiger partial charge >= 0.3 is 0 Å². The molecule has 2 heterocycles. The van der Waals surface area contributed by atoms with Crippen LogP contribution in [-0.4, -0.2) is 50.2 Å². The zero-order valence-corrected chi connectivity index (χ0v) is 8.78. The highest BCUT2D eigenvalue weighted by Gasteiger charge is 2.44. The molecule has 1 aliphatic rings. The van der Waals surface area contributed by atoms with Crippen molar-refractivity contribution in [2.45, 2.75) is 24.4 Å². The zero-order valence-electron chi connectivity index (χ0n) is 8.78. The molecule has 0 unspecified atom stereocenters. The van der Waals surface area contributed by atoms with Crippen molar-refractivity contribution in [3.05, 3.63) is 22.1 Å². The van der Waals surface area contributed by atoms with Gasteiger partial charge in [0.1, 0.15) is 24.4 Å². The molecule has 8 nitrogen and oxygen atoms in total. The molecule has 2 rings (SSSR count). The van der Waals surface area contributed by atoms with E-state index in [1.165, 1.54) is 6.20 Å². The number of aromatic nitrogens is 2. The monoisotopic (exact) mass is 243 g/mol. The van der Waals surface area contributed by atoms with Crippen molar-refractivity contribution >= 4 is 5.95 Å². The van der Waals surface area contributed by atoms with E-state index in [-0.39, 0.29) is 11.5 Å². The van der Waals surface area contributed by atoms with E-state index in [1.54, 1.807) is 0 Å². The van der Waals surface area contributed by atoms with Crippen LogP contribution in [0.4, 0.5) is 5.95 Å². The molecule has 1 aliphatic heterocycles. The van der Waals surface area contributed by atoms with E-state index in [0.29, 0.717) is 0 Å². The number of hydrogen-bond donors (Lipinski definition) is 5. The van der Waals surface area contributed by atoms with E-state index in [1.807, 2.05) is 0 Å². The molecule has 0 bridgehead atoms. The van der Waals surface area contributed by atoms with Gasteiger partial charge in [0.25, 0.3) is 5.56 Å². The van der Waals surface area contributed by atoms with E-state index in [2.05, 4.69) is 9.97 Å². The van der Waals surface area contributed by atoms with Crippen molar-refractivity contribution in [3.63, 3.8) is 0 Å². The Kier molecular flexibility index (Phi) is 3.11. The van der Waals surface area contributed by atoms with Gasteiger partial charge in [0.15, 0.2) is 5.95 Å². The van der Waals surface area contributed by atoms with Crippen LogP contribution in [0.3, 0.4) is 0 Å². The van der Waals surface area contributed by atoms with Crippen LogP contribution in [0.5, 0.6) is 0 Å². The van der Waals surface area contributed by atoms with Crippen molar-refractivity contribution in [1.29, 1.82) is 0 Å². The molecule has 0 amide bonds. The summed E-state index contributed by atoms with van der Waals surface area (Å²) in [7, 11) is 0. The lowest BCUT2D eigenvalue weighted by molar-refractivity contribution is -0.0232. The van der Waals surface area contributed by atoms with Gasteiger partial charge in [-0.3, -0.25) is 9.78 Å². The van der Waals surface area contributed by atoms with Gasteiger partial charge in [-0.1, -0.05) is 0 Å². The second kappa shape index (κ2) is 4.41. The van der Waals surface area contributed by atoms with E-state index in [4.69, 9.17) is 15.6 Å². The third-order valence-corrected chi connectivity index (χ3v) is 2.70. The zero-order chi connectivity index (χ0) is 12.6. The molecule has 6 N–H and O–H groups in total. The number of hydrogen-bond acceptors (Lipinski definition) is 7. The Balaban J connectivity index is 2.32. The number of nitrogens with one attached hydrogen (secondary N) is 1. The number of aliphatic hydroxyl groups excluding tert-OH is 3. The summed E-state index contributed by atoms with van der Waals surface area (Å²) in [6.45, 7) is -0.449. The Morgan fingerprint density at radius 1 is 1.47 bits per heavy atom. The van der Waals surface area contributed by atoms with E-state index < -0.39 is 36.6 Å². The van der Waals surface area contributed by atoms with Crippen molar-refractivity contribution in [2.75, 3.05) is 12.3 Å². The second-order valence-corrected chi connectivity index (χ2v) is 3.81. The van der Waals surface area contributed by atoms with Crippen LogP contribution in [0, 0.1) is 0 Å². The number of rotatable bonds is 2. The lowest BCUT2D eigenvalue weighted by atomic mass is 10.0. The highest BCUT2D eigenvalue weighted by Crippen LogP contribution is 2.31. The van der Waals surface area contributed by atoms with Gasteiger partial charge in [-0.15, -0.1) is 0 Å². The molecule has 8 heteroatoms. The van der Waals surface area contributed by atoms with Crippen molar-refractivity contribution in [1.82, 2.24) is 9.97 Å². The summed E-state index contributed by atoms with van der Waals surface area (Å²) >= 11 is 0. The fourth-order valence-electron chi connectivity index (χ4n) is 1.78. The summed E-state index contributed by atoms with van der Waals surface area (Å²) in [6, 6.07) is 0. The van der Waals surface area contributed by atoms with E-state index in [9.17, 15) is 15.0 Å². The van der Waals surface area contributed by atoms with Gasteiger partial charge in [-0.2, -0.15) is 0 Å². The van der Waals surface area contributed by atoms with Crippen LogP contribution in [0.1, 0.15) is 11.7 Å². The molecule has 0 aliphatic carbocycles. The van der Waals surface area contributed by atoms with E-state index >= 15 is 0 Å². The normalized spacial score (nSPS) is 32.9. The number of nitrogens with zero attached hydrogens (tertiary/aromatic N) is 1. The summed E-state index contributed by atoms with van der Waals surface area (Å²) in [4.78, 5) is 17.5. The minimum Gasteiger partial charge on any atom is -0.394 e. The van der Waals surface area contributed by atoms with Crippen molar-refractivity contribution in [3.8, 4) is 0 Å². The quantitative estimate of drug-likeness (QED) is 0.386. The van der Waals surface area contributed by atoms with Gasteiger partial charge in [-0.25, -0.2) is 4.98 Å². The van der Waals surface area contributed by atoms with E-state index in [0.717, 1.165) is 0 Å². The van der Waals surface area contributed by atoms with Gasteiger partial charge in [0.05, 0.1) is 12.2 Å². The predicted molar refractivity (Wildman–Crippen MR) is 56.0 cm³/mol. The van der Waals surface area contributed by atoms with Crippen LogP contribution < -0.4 is 11.3 Å². The lowest BCUT2D eigenvalue weighted by Crippen LogP contribution is -2.33. The average molecular weight is 243 g/mol. The molecule has 17 heavy (non-hydrogen) atoms. The van der Waals surface area contributed by atoms with Gasteiger partial charge in [-0.05, 0) is 0 Å². The fourth-order valence-corrected chi connectivity index (χ4v) is 1.78. The third kappa shape index (κ3) is 2.03. The standard InChI is InChI=1S/C9H13N3O5/c10-9-11-1-3(8(16)12-9)7-6(15)5(14)4(2-13)17-7/h1,4-7,13-15H,2H2,(H3,10,11,12,16)/t4-,5-,6-,7+/m1/s1. The topological polar surface area (TPSA) is 142 Å². The molecule has 1 saturated heterocycles. The first-order chi connectivity index (χ1) is 8.04. The van der Waals surface area contributed by atoms with Gasteiger partial charge in [0, 0.05) is 6.20 Å². The average Bonchev–Trinajstić information content (AvgIpc) is 2.57. The molecule has 4 atom stereocenters. The molecule has 1 aromatic rings. The maximum atomic E-state index is 11.6. The largest absolute Gasteiger partial charge is 0.394 e. The first-order valence-corrected chi connectivity index (χ1v) is 5.01. The number of H-pyrrole nitrogens is 1. The third-order valence-electron chi connectivity index (χ3n) is 2.70. The molecule has 94 valence electrons. The first-order valence-electron chi connectivity index (χ1n) is 5.01. The fraction of sp³-hybridized carbons (Fsp3) is 0.556. The van der Waals surface area contributed by atoms with Crippen molar-refractivity contribution < 1.29 is 20.1 Å². The Hall–Kier alpha value is -1.48. The molecule has 0 radical (unpaired) electrons. The van der Waals surface area contributed by atoms with Crippen LogP contribution in [-0.2, 0) is 4.74 Å². The first kappa shape index (κ1) is 12.0. The molecule has 1 fully saturated rings. The number of ether oxygens (including phenoxy) is 1. The minimum atomic E-state index is -1.29. The highest BCUT2D eigenvalue weighted by molar-refractivity contribution is 5.21. The molecular weight excluding hydrogens is 230 g/mol. The summed E-state index contributed by atoms with van der Waals surface area (Å²) in [5.41, 5.74) is 4.79. The number of nitrogens with two attached hydrogens (primary N) is 1. The Labute approximate surface area is 95.7 Å². The van der Waals surface area contributed by atoms with Gasteiger partial charge in [0.2, 0.25) is 0 Å². The molecule has 0 spiro atoms. The Morgan fingerprint density at radius 2 is 2.18 bits per heavy atom. The number of nitrogen functional groups attached to an aromatic ring is 1. The second-order valence-electron chi connectivity index (χ2n) is 3.81. The van der Waals surface area contributed by atoms with Crippen LogP contribution >= 0.6 is 0 Å². The summed E-state index contributed by atoms with van der Waals surface area (Å²) in [6.07, 6.45) is -3.32. The van der Waals surface area contributed by atoms with Crippen molar-refractivity contribution in [2.24, 2.45) is 0 Å². The summed E-state index contributed by atoms with van der Waals surface area (Å²) in [5.74, 6) is -0.0505.